The maximum atomic E-state index is 12.1. The molecule has 0 aliphatic heterocycles. The largest absolute Gasteiger partial charge is 0.455 e. The molecule has 1 aromatic carbocycles. The smallest absolute Gasteiger partial charge is 0.321 e. The van der Waals surface area contributed by atoms with Gasteiger partial charge in [0.2, 0.25) is 10.0 Å². The van der Waals surface area contributed by atoms with E-state index in [1.807, 2.05) is 6.92 Å². The van der Waals surface area contributed by atoms with Crippen LogP contribution in [-0.4, -0.2) is 39.0 Å². The number of rotatable bonds is 7. The predicted molar refractivity (Wildman–Crippen MR) is 92.3 cm³/mol. The van der Waals surface area contributed by atoms with E-state index in [1.165, 1.54) is 12.1 Å². The summed E-state index contributed by atoms with van der Waals surface area (Å²) in [4.78, 5) is 23.5. The average Bonchev–Trinajstić information content (AvgIpc) is 3.07. The van der Waals surface area contributed by atoms with Gasteiger partial charge in [-0.3, -0.25) is 9.59 Å². The lowest BCUT2D eigenvalue weighted by molar-refractivity contribution is -0.147. The topological polar surface area (TPSA) is 125 Å². The molecule has 1 fully saturated rings. The molecule has 2 N–H and O–H groups in total. The van der Waals surface area contributed by atoms with Gasteiger partial charge in [-0.15, -0.1) is 0 Å². The Labute approximate surface area is 152 Å². The van der Waals surface area contributed by atoms with E-state index in [9.17, 15) is 23.3 Å². The summed E-state index contributed by atoms with van der Waals surface area (Å²) in [6.45, 7) is 0.676. The molecule has 0 bridgehead atoms. The van der Waals surface area contributed by atoms with Crippen LogP contribution in [0.4, 0.5) is 0 Å². The molecule has 0 saturated heterocycles. The number of aryl methyl sites for hydroxylation is 1. The molecule has 2 rings (SSSR count). The van der Waals surface area contributed by atoms with E-state index >= 15 is 0 Å². The number of hydrogen-bond donors (Lipinski definition) is 2. The van der Waals surface area contributed by atoms with Gasteiger partial charge in [-0.1, -0.05) is 17.7 Å². The van der Waals surface area contributed by atoms with Gasteiger partial charge in [0.1, 0.15) is 12.1 Å². The number of sulfonamides is 1. The highest BCUT2D eigenvalue weighted by molar-refractivity contribution is 7.89. The van der Waals surface area contributed by atoms with E-state index in [0.717, 1.165) is 18.4 Å². The Balaban J connectivity index is 1.79. The van der Waals surface area contributed by atoms with E-state index in [2.05, 4.69) is 16.1 Å². The Bertz CT molecular complexity index is 806. The lowest BCUT2D eigenvalue weighted by Crippen LogP contribution is -2.47. The Morgan fingerprint density at radius 1 is 1.23 bits per heavy atom. The molecule has 1 aliphatic rings. The maximum Gasteiger partial charge on any atom is 0.321 e. The number of nitrogens with zero attached hydrogens (tertiary/aromatic N) is 1. The minimum absolute atomic E-state index is 0.0332. The zero-order chi connectivity index (χ0) is 19.2. The second-order valence-electron chi connectivity index (χ2n) is 6.25. The molecular weight excluding hydrogens is 358 g/mol. The van der Waals surface area contributed by atoms with E-state index in [4.69, 9.17) is 4.74 Å². The summed E-state index contributed by atoms with van der Waals surface area (Å²) < 4.78 is 31.0. The van der Waals surface area contributed by atoms with Crippen molar-refractivity contribution in [2.24, 2.45) is 0 Å². The summed E-state index contributed by atoms with van der Waals surface area (Å²) in [5.41, 5.74) is 0.0167. The fraction of sp³-hybridized carbons (Fsp3) is 0.471. The number of nitrogens with one attached hydrogen (secondary N) is 2. The van der Waals surface area contributed by atoms with Crippen LogP contribution < -0.4 is 10.0 Å². The first-order valence-electron chi connectivity index (χ1n) is 8.21. The third kappa shape index (κ3) is 5.28. The number of nitriles is 1. The highest BCUT2D eigenvalue weighted by Crippen LogP contribution is 2.28. The van der Waals surface area contributed by atoms with Gasteiger partial charge in [-0.05, 0) is 44.7 Å². The van der Waals surface area contributed by atoms with Crippen LogP contribution in [0.2, 0.25) is 0 Å². The van der Waals surface area contributed by atoms with E-state index in [0.29, 0.717) is 12.8 Å². The van der Waals surface area contributed by atoms with Gasteiger partial charge in [-0.2, -0.15) is 9.98 Å². The van der Waals surface area contributed by atoms with Crippen LogP contribution in [0.5, 0.6) is 0 Å². The fourth-order valence-corrected chi connectivity index (χ4v) is 3.67. The minimum atomic E-state index is -3.84. The zero-order valence-electron chi connectivity index (χ0n) is 14.4. The molecule has 0 heterocycles. The quantitative estimate of drug-likeness (QED) is 0.674. The summed E-state index contributed by atoms with van der Waals surface area (Å²) in [6, 6.07) is 8.25. The van der Waals surface area contributed by atoms with Crippen LogP contribution >= 0.6 is 0 Å². The van der Waals surface area contributed by atoms with Crippen LogP contribution in [0, 0.1) is 18.3 Å². The Morgan fingerprint density at radius 2 is 1.85 bits per heavy atom. The SMILES string of the molecule is Cc1ccc(S(=O)(=O)NCC(=O)OCC(=O)NC2(C#N)CCCC2)cc1. The normalized spacial score (nSPS) is 15.8. The number of esters is 1. The molecule has 0 radical (unpaired) electrons. The molecule has 0 aromatic heterocycles. The molecule has 9 heteroatoms. The number of carbonyl (C=O) groups excluding carboxylic acids is 2. The van der Waals surface area contributed by atoms with Gasteiger partial charge in [0, 0.05) is 0 Å². The van der Waals surface area contributed by atoms with Crippen LogP contribution in [-0.2, 0) is 24.3 Å². The number of hydrogen-bond acceptors (Lipinski definition) is 6. The summed E-state index contributed by atoms with van der Waals surface area (Å²) in [5, 5.41) is 11.8. The second-order valence-corrected chi connectivity index (χ2v) is 8.01. The first-order valence-corrected chi connectivity index (χ1v) is 9.69. The van der Waals surface area contributed by atoms with Crippen LogP contribution in [0.3, 0.4) is 0 Å². The van der Waals surface area contributed by atoms with Gasteiger partial charge in [0.05, 0.1) is 11.0 Å². The highest BCUT2D eigenvalue weighted by atomic mass is 32.2. The van der Waals surface area contributed by atoms with Crippen LogP contribution in [0.15, 0.2) is 29.2 Å². The van der Waals surface area contributed by atoms with Gasteiger partial charge >= 0.3 is 5.97 Å². The van der Waals surface area contributed by atoms with Crippen LogP contribution in [0.1, 0.15) is 31.2 Å². The lowest BCUT2D eigenvalue weighted by atomic mass is 10.00. The Morgan fingerprint density at radius 3 is 2.42 bits per heavy atom. The van der Waals surface area contributed by atoms with Crippen molar-refractivity contribution in [3.05, 3.63) is 29.8 Å². The first-order chi connectivity index (χ1) is 12.3. The van der Waals surface area contributed by atoms with Crippen molar-refractivity contribution in [2.45, 2.75) is 43.0 Å². The van der Waals surface area contributed by atoms with Crippen LogP contribution in [0.25, 0.3) is 0 Å². The molecule has 1 saturated carbocycles. The van der Waals surface area contributed by atoms with Gasteiger partial charge in [0.15, 0.2) is 6.61 Å². The Kier molecular flexibility index (Phi) is 6.34. The van der Waals surface area contributed by atoms with Gasteiger partial charge in [0.25, 0.3) is 5.91 Å². The van der Waals surface area contributed by atoms with E-state index in [-0.39, 0.29) is 4.90 Å². The molecule has 1 aliphatic carbocycles. The molecule has 0 atom stereocenters. The molecule has 140 valence electrons. The van der Waals surface area contributed by atoms with Crippen molar-refractivity contribution in [1.29, 1.82) is 5.26 Å². The summed E-state index contributed by atoms with van der Waals surface area (Å²) in [6.07, 6.45) is 2.85. The van der Waals surface area contributed by atoms with Gasteiger partial charge in [-0.25, -0.2) is 8.42 Å². The van der Waals surface area contributed by atoms with Crippen molar-refractivity contribution in [2.75, 3.05) is 13.2 Å². The molecule has 1 aromatic rings. The third-order valence-corrected chi connectivity index (χ3v) is 5.57. The van der Waals surface area contributed by atoms with Crippen molar-refractivity contribution in [3.63, 3.8) is 0 Å². The van der Waals surface area contributed by atoms with E-state index in [1.54, 1.807) is 12.1 Å². The second kappa shape index (κ2) is 8.29. The predicted octanol–water partition coefficient (Wildman–Crippen LogP) is 0.769. The highest BCUT2D eigenvalue weighted by Gasteiger charge is 2.35. The fourth-order valence-electron chi connectivity index (χ4n) is 2.70. The number of benzene rings is 1. The average molecular weight is 379 g/mol. The lowest BCUT2D eigenvalue weighted by Gasteiger charge is -2.21. The minimum Gasteiger partial charge on any atom is -0.455 e. The van der Waals surface area contributed by atoms with Crippen molar-refractivity contribution < 1.29 is 22.7 Å². The molecule has 8 nitrogen and oxygen atoms in total. The number of carbonyl (C=O) groups is 2. The molecule has 26 heavy (non-hydrogen) atoms. The molecule has 1 amide bonds. The maximum absolute atomic E-state index is 12.1. The summed E-state index contributed by atoms with van der Waals surface area (Å²) in [7, 11) is -3.84. The standard InChI is InChI=1S/C17H21N3O5S/c1-13-4-6-14(7-5-13)26(23,24)19-10-16(22)25-11-15(21)20-17(12-18)8-2-3-9-17/h4-7,19H,2-3,8-11H2,1H3,(H,20,21). The van der Waals surface area contributed by atoms with Gasteiger partial charge < -0.3 is 10.1 Å². The molecule has 0 unspecified atom stereocenters. The number of amides is 1. The summed E-state index contributed by atoms with van der Waals surface area (Å²) in [5.74, 6) is -1.46. The zero-order valence-corrected chi connectivity index (χ0v) is 15.3. The summed E-state index contributed by atoms with van der Waals surface area (Å²) >= 11 is 0. The van der Waals surface area contributed by atoms with Crippen molar-refractivity contribution in [3.8, 4) is 6.07 Å². The molecule has 0 spiro atoms. The van der Waals surface area contributed by atoms with Crippen molar-refractivity contribution >= 4 is 21.9 Å². The Hall–Kier alpha value is -2.44. The first kappa shape index (κ1) is 19.9. The van der Waals surface area contributed by atoms with Crippen molar-refractivity contribution in [1.82, 2.24) is 10.0 Å². The molecular formula is C17H21N3O5S. The van der Waals surface area contributed by atoms with E-state index < -0.39 is 40.6 Å². The number of ether oxygens (including phenoxy) is 1. The third-order valence-electron chi connectivity index (χ3n) is 4.15. The monoisotopic (exact) mass is 379 g/mol.